The van der Waals surface area contributed by atoms with Crippen molar-refractivity contribution in [2.75, 3.05) is 33.4 Å². The number of rotatable bonds is 11. The van der Waals surface area contributed by atoms with Crippen molar-refractivity contribution < 1.29 is 28.7 Å². The van der Waals surface area contributed by atoms with Crippen LogP contribution in [-0.2, 0) is 14.4 Å². The minimum atomic E-state index is -0.246. The number of carbonyl (C=O) groups excluding carboxylic acids is 4. The van der Waals surface area contributed by atoms with E-state index >= 15 is 0 Å². The lowest BCUT2D eigenvalue weighted by Gasteiger charge is -2.37. The lowest BCUT2D eigenvalue weighted by atomic mass is 9.80. The van der Waals surface area contributed by atoms with Crippen molar-refractivity contribution in [3.05, 3.63) is 59.7 Å². The van der Waals surface area contributed by atoms with E-state index in [1.54, 1.807) is 7.11 Å². The zero-order valence-electron chi connectivity index (χ0n) is 24.1. The van der Waals surface area contributed by atoms with Gasteiger partial charge >= 0.3 is 0 Å². The number of nitrogens with two attached hydrogens (primary N) is 1. The Labute approximate surface area is 233 Å². The molecule has 0 atom stereocenters. The van der Waals surface area contributed by atoms with Gasteiger partial charge in [0.25, 0.3) is 0 Å². The molecule has 8 nitrogen and oxygen atoms in total. The standard InChI is InChI=1S/C19H22O3.C10H20N2O.2CH2O/c1-15-6-10-18(11-7-15)22-14-4-3-5-19(20)16-8-12-17(21-2)13-9-16;1-3-6-12-7-4-10(2,5-8-12)9(11)13;2*1-2/h6-13H,3-5,14H2,1-2H3;3-8H2,1-2H3,(H2,11,13);2*1H2. The molecule has 0 aromatic heterocycles. The maximum Gasteiger partial charge on any atom is 0.223 e. The summed E-state index contributed by atoms with van der Waals surface area (Å²) in [6, 6.07) is 15.2. The molecule has 0 bridgehead atoms. The molecule has 8 heteroatoms. The van der Waals surface area contributed by atoms with Crippen LogP contribution in [-0.4, -0.2) is 63.5 Å². The Morgan fingerprint density at radius 3 is 1.95 bits per heavy atom. The topological polar surface area (TPSA) is 116 Å². The van der Waals surface area contributed by atoms with Gasteiger partial charge in [-0.15, -0.1) is 0 Å². The van der Waals surface area contributed by atoms with Crippen LogP contribution in [0.5, 0.6) is 11.5 Å². The molecular formula is C31H46N2O6. The number of primary amides is 1. The largest absolute Gasteiger partial charge is 0.497 e. The Morgan fingerprint density at radius 1 is 0.923 bits per heavy atom. The van der Waals surface area contributed by atoms with E-state index < -0.39 is 0 Å². The van der Waals surface area contributed by atoms with E-state index in [1.165, 1.54) is 12.0 Å². The first-order valence-corrected chi connectivity index (χ1v) is 13.2. The Hall–Kier alpha value is -3.52. The molecule has 2 N–H and O–H groups in total. The number of ketones is 1. The highest BCUT2D eigenvalue weighted by molar-refractivity contribution is 5.96. The molecule has 0 unspecified atom stereocenters. The van der Waals surface area contributed by atoms with Gasteiger partial charge in [-0.2, -0.15) is 0 Å². The van der Waals surface area contributed by atoms with Crippen LogP contribution in [0, 0.1) is 12.3 Å². The van der Waals surface area contributed by atoms with Crippen LogP contribution in [0.15, 0.2) is 48.5 Å². The number of amides is 1. The molecule has 1 heterocycles. The zero-order valence-corrected chi connectivity index (χ0v) is 24.1. The van der Waals surface area contributed by atoms with Crippen molar-refractivity contribution in [3.8, 4) is 11.5 Å². The molecule has 0 aliphatic carbocycles. The minimum Gasteiger partial charge on any atom is -0.497 e. The molecule has 39 heavy (non-hydrogen) atoms. The number of carbonyl (C=O) groups is 4. The van der Waals surface area contributed by atoms with Gasteiger partial charge in [0.05, 0.1) is 13.7 Å². The van der Waals surface area contributed by atoms with Gasteiger partial charge in [0.2, 0.25) is 5.91 Å². The van der Waals surface area contributed by atoms with Gasteiger partial charge in [-0.05, 0) is 95.1 Å². The van der Waals surface area contributed by atoms with Crippen LogP contribution < -0.4 is 15.2 Å². The first kappa shape index (κ1) is 35.5. The third kappa shape index (κ3) is 13.7. The smallest absolute Gasteiger partial charge is 0.223 e. The average molecular weight is 543 g/mol. The van der Waals surface area contributed by atoms with Crippen LogP contribution in [0.4, 0.5) is 0 Å². The second kappa shape index (κ2) is 20.4. The number of likely N-dealkylation sites (tertiary alicyclic amines) is 1. The summed E-state index contributed by atoms with van der Waals surface area (Å²) < 4.78 is 10.7. The fraction of sp³-hybridized carbons (Fsp3) is 0.484. The highest BCUT2D eigenvalue weighted by Crippen LogP contribution is 2.30. The summed E-state index contributed by atoms with van der Waals surface area (Å²) in [7, 11) is 1.62. The van der Waals surface area contributed by atoms with Crippen molar-refractivity contribution in [1.29, 1.82) is 0 Å². The molecule has 0 saturated carbocycles. The summed E-state index contributed by atoms with van der Waals surface area (Å²) in [5.41, 5.74) is 7.07. The first-order valence-electron chi connectivity index (χ1n) is 13.2. The van der Waals surface area contributed by atoms with Crippen molar-refractivity contribution >= 4 is 25.3 Å². The lowest BCUT2D eigenvalue weighted by molar-refractivity contribution is -0.129. The van der Waals surface area contributed by atoms with Crippen molar-refractivity contribution in [3.63, 3.8) is 0 Å². The number of nitrogens with zero attached hydrogens (tertiary/aromatic N) is 1. The summed E-state index contributed by atoms with van der Waals surface area (Å²) in [5.74, 6) is 1.68. The Kier molecular flexibility index (Phi) is 18.6. The van der Waals surface area contributed by atoms with Gasteiger partial charge in [-0.1, -0.05) is 31.5 Å². The highest BCUT2D eigenvalue weighted by atomic mass is 16.5. The number of methoxy groups -OCH3 is 1. The lowest BCUT2D eigenvalue weighted by Crippen LogP contribution is -2.45. The Bertz CT molecular complexity index is 937. The van der Waals surface area contributed by atoms with Crippen LogP contribution in [0.1, 0.15) is 68.3 Å². The van der Waals surface area contributed by atoms with Gasteiger partial charge in [0.1, 0.15) is 25.1 Å². The number of unbranched alkanes of at least 4 members (excludes halogenated alkanes) is 1. The van der Waals surface area contributed by atoms with Gasteiger partial charge in [-0.25, -0.2) is 0 Å². The van der Waals surface area contributed by atoms with E-state index in [0.29, 0.717) is 13.0 Å². The normalized spacial score (nSPS) is 13.6. The molecule has 1 fully saturated rings. The third-order valence-electron chi connectivity index (χ3n) is 6.59. The van der Waals surface area contributed by atoms with Crippen LogP contribution in [0.2, 0.25) is 0 Å². The summed E-state index contributed by atoms with van der Waals surface area (Å²) in [6.07, 6.45) is 5.27. The van der Waals surface area contributed by atoms with Crippen molar-refractivity contribution in [2.45, 2.75) is 59.3 Å². The molecule has 3 rings (SSSR count). The van der Waals surface area contributed by atoms with E-state index in [9.17, 15) is 9.59 Å². The summed E-state index contributed by atoms with van der Waals surface area (Å²) in [6.45, 7) is 14.0. The molecule has 0 spiro atoms. The molecule has 2 aromatic rings. The fourth-order valence-corrected chi connectivity index (χ4v) is 3.97. The minimum absolute atomic E-state index is 0.136. The quantitative estimate of drug-likeness (QED) is 0.312. The molecule has 0 radical (unpaired) electrons. The number of aryl methyl sites for hydroxylation is 1. The van der Waals surface area contributed by atoms with E-state index in [1.807, 2.05) is 69.0 Å². The third-order valence-corrected chi connectivity index (χ3v) is 6.59. The summed E-state index contributed by atoms with van der Waals surface area (Å²) >= 11 is 0. The maximum absolute atomic E-state index is 12.0. The van der Waals surface area contributed by atoms with E-state index in [2.05, 4.69) is 18.7 Å². The van der Waals surface area contributed by atoms with Gasteiger partial charge in [0.15, 0.2) is 5.78 Å². The number of hydrogen-bond acceptors (Lipinski definition) is 7. The number of hydrogen-bond donors (Lipinski definition) is 1. The summed E-state index contributed by atoms with van der Waals surface area (Å²) in [4.78, 5) is 41.6. The molecule has 1 aliphatic heterocycles. The molecule has 1 amide bonds. The predicted octanol–water partition coefficient (Wildman–Crippen LogP) is 5.05. The number of benzene rings is 2. The van der Waals surface area contributed by atoms with E-state index in [0.717, 1.165) is 62.4 Å². The van der Waals surface area contributed by atoms with Crippen LogP contribution in [0.25, 0.3) is 0 Å². The maximum atomic E-state index is 12.0. The monoisotopic (exact) mass is 542 g/mol. The van der Waals surface area contributed by atoms with E-state index in [4.69, 9.17) is 24.8 Å². The Morgan fingerprint density at radius 2 is 1.46 bits per heavy atom. The number of ether oxygens (including phenoxy) is 2. The second-order valence-corrected chi connectivity index (χ2v) is 9.54. The number of Topliss-reactive ketones (excluding diaryl/α,β-unsaturated/α-hetero) is 1. The molecular weight excluding hydrogens is 496 g/mol. The average Bonchev–Trinajstić information content (AvgIpc) is 2.97. The van der Waals surface area contributed by atoms with Crippen molar-refractivity contribution in [1.82, 2.24) is 4.90 Å². The van der Waals surface area contributed by atoms with Crippen molar-refractivity contribution in [2.24, 2.45) is 11.1 Å². The SMILES string of the molecule is C=O.C=O.CCCN1CCC(C)(C(N)=O)CC1.COc1ccc(C(=O)CCCCOc2ccc(C)cc2)cc1. The molecule has 216 valence electrons. The fourth-order valence-electron chi connectivity index (χ4n) is 3.97. The van der Waals surface area contributed by atoms with Crippen LogP contribution in [0.3, 0.4) is 0 Å². The molecule has 1 aliphatic rings. The zero-order chi connectivity index (χ0) is 29.7. The molecule has 2 aromatic carbocycles. The second-order valence-electron chi connectivity index (χ2n) is 9.54. The van der Waals surface area contributed by atoms with Gasteiger partial charge < -0.3 is 29.7 Å². The van der Waals surface area contributed by atoms with Gasteiger partial charge in [-0.3, -0.25) is 9.59 Å². The van der Waals surface area contributed by atoms with Gasteiger partial charge in [0, 0.05) is 17.4 Å². The Balaban J connectivity index is 0.000000725. The highest BCUT2D eigenvalue weighted by Gasteiger charge is 2.34. The first-order chi connectivity index (χ1) is 18.8. The molecule has 1 saturated heterocycles. The van der Waals surface area contributed by atoms with Crippen LogP contribution >= 0.6 is 0 Å². The predicted molar refractivity (Wildman–Crippen MR) is 155 cm³/mol. The summed E-state index contributed by atoms with van der Waals surface area (Å²) in [5, 5.41) is 0. The van der Waals surface area contributed by atoms with E-state index in [-0.39, 0.29) is 17.1 Å². The number of piperidine rings is 1.